The molecule has 3 aromatic heterocycles. The predicted octanol–water partition coefficient (Wildman–Crippen LogP) is 4.75. The molecular formula is C23H19FN8O2. The Balaban J connectivity index is 1.26. The SMILES string of the molecule is Cc1cn(-c2cc(CF)cc(NC(=O)Nc3ccc(Oc4ncnc5nc[nH]c45)cc3)c2)cn1. The smallest absolute Gasteiger partial charge is 0.323 e. The Bertz CT molecular complexity index is 1460. The van der Waals surface area contributed by atoms with Crippen molar-refractivity contribution in [1.82, 2.24) is 29.5 Å². The van der Waals surface area contributed by atoms with Crippen LogP contribution >= 0.6 is 0 Å². The number of carbonyl (C=O) groups is 1. The minimum absolute atomic E-state index is 0.345. The standard InChI is InChI=1S/C23H19FN8O2/c1-14-10-32(13-29-14)18-7-15(9-24)6-17(8-18)31-23(33)30-16-2-4-19(5-3-16)34-22-20-21(26-11-25-20)27-12-28-22/h2-8,10-13H,9H2,1H3,(H2,30,31,33)(H,25,26,27,28). The first-order valence-corrected chi connectivity index (χ1v) is 10.3. The van der Waals surface area contributed by atoms with E-state index in [-0.39, 0.29) is 0 Å². The van der Waals surface area contributed by atoms with Gasteiger partial charge in [0.2, 0.25) is 5.88 Å². The first-order valence-electron chi connectivity index (χ1n) is 10.3. The van der Waals surface area contributed by atoms with Crippen molar-refractivity contribution in [3.63, 3.8) is 0 Å². The van der Waals surface area contributed by atoms with Crippen LogP contribution in [0.5, 0.6) is 11.6 Å². The summed E-state index contributed by atoms with van der Waals surface area (Å²) in [4.78, 5) is 31.9. The number of aromatic nitrogens is 6. The Labute approximate surface area is 192 Å². The lowest BCUT2D eigenvalue weighted by atomic mass is 10.2. The van der Waals surface area contributed by atoms with E-state index >= 15 is 0 Å². The maximum atomic E-state index is 13.4. The monoisotopic (exact) mass is 458 g/mol. The number of aryl methyl sites for hydroxylation is 1. The van der Waals surface area contributed by atoms with Crippen molar-refractivity contribution >= 4 is 28.6 Å². The fourth-order valence-corrected chi connectivity index (χ4v) is 3.37. The van der Waals surface area contributed by atoms with Crippen LogP contribution in [0.2, 0.25) is 0 Å². The number of halogens is 1. The van der Waals surface area contributed by atoms with Crippen molar-refractivity contribution in [2.24, 2.45) is 0 Å². The van der Waals surface area contributed by atoms with Gasteiger partial charge in [0, 0.05) is 23.3 Å². The topological polar surface area (TPSA) is 123 Å². The average Bonchev–Trinajstić information content (AvgIpc) is 3.49. The summed E-state index contributed by atoms with van der Waals surface area (Å²) in [7, 11) is 0. The molecule has 0 radical (unpaired) electrons. The van der Waals surface area contributed by atoms with E-state index in [9.17, 15) is 9.18 Å². The summed E-state index contributed by atoms with van der Waals surface area (Å²) in [6, 6.07) is 11.4. The number of fused-ring (bicyclic) bond motifs is 1. The van der Waals surface area contributed by atoms with Crippen LogP contribution in [0.4, 0.5) is 20.6 Å². The number of nitrogens with one attached hydrogen (secondary N) is 3. The van der Waals surface area contributed by atoms with Crippen molar-refractivity contribution in [2.75, 3.05) is 10.6 Å². The lowest BCUT2D eigenvalue weighted by Crippen LogP contribution is -2.19. The lowest BCUT2D eigenvalue weighted by Gasteiger charge is -2.12. The number of ether oxygens (including phenoxy) is 1. The molecule has 0 aliphatic rings. The van der Waals surface area contributed by atoms with Crippen LogP contribution in [0.3, 0.4) is 0 Å². The van der Waals surface area contributed by atoms with E-state index in [0.29, 0.717) is 45.4 Å². The zero-order valence-corrected chi connectivity index (χ0v) is 18.0. The van der Waals surface area contributed by atoms with Crippen LogP contribution in [0.25, 0.3) is 16.9 Å². The van der Waals surface area contributed by atoms with Gasteiger partial charge in [0.15, 0.2) is 5.65 Å². The molecule has 3 N–H and O–H groups in total. The van der Waals surface area contributed by atoms with Crippen molar-refractivity contribution in [2.45, 2.75) is 13.6 Å². The molecule has 5 rings (SSSR count). The number of carbonyl (C=O) groups excluding carboxylic acids is 1. The number of benzene rings is 2. The summed E-state index contributed by atoms with van der Waals surface area (Å²) in [5, 5.41) is 5.49. The zero-order chi connectivity index (χ0) is 23.5. The molecule has 0 aliphatic heterocycles. The van der Waals surface area contributed by atoms with Crippen LogP contribution < -0.4 is 15.4 Å². The van der Waals surface area contributed by atoms with Crippen LogP contribution in [0.1, 0.15) is 11.3 Å². The normalized spacial score (nSPS) is 10.9. The van der Waals surface area contributed by atoms with Gasteiger partial charge < -0.3 is 24.9 Å². The maximum absolute atomic E-state index is 13.4. The molecule has 0 bridgehead atoms. The summed E-state index contributed by atoms with van der Waals surface area (Å²) >= 11 is 0. The van der Waals surface area contributed by atoms with Crippen LogP contribution in [0, 0.1) is 6.92 Å². The molecule has 2 aromatic carbocycles. The Morgan fingerprint density at radius 3 is 2.65 bits per heavy atom. The average molecular weight is 458 g/mol. The van der Waals surface area contributed by atoms with Crippen molar-refractivity contribution < 1.29 is 13.9 Å². The molecule has 0 saturated carbocycles. The highest BCUT2D eigenvalue weighted by atomic mass is 19.1. The minimum Gasteiger partial charge on any atom is -0.437 e. The van der Waals surface area contributed by atoms with Gasteiger partial charge in [0.05, 0.1) is 18.3 Å². The van der Waals surface area contributed by atoms with Gasteiger partial charge in [0.1, 0.15) is 24.3 Å². The molecule has 11 heteroatoms. The van der Waals surface area contributed by atoms with Gasteiger partial charge >= 0.3 is 6.03 Å². The van der Waals surface area contributed by atoms with Crippen molar-refractivity contribution in [3.05, 3.63) is 78.9 Å². The molecule has 0 spiro atoms. The largest absolute Gasteiger partial charge is 0.437 e. The Kier molecular flexibility index (Phi) is 5.56. The predicted molar refractivity (Wildman–Crippen MR) is 124 cm³/mol. The molecule has 2 amide bonds. The molecule has 0 aliphatic carbocycles. The van der Waals surface area contributed by atoms with E-state index in [1.54, 1.807) is 53.4 Å². The van der Waals surface area contributed by atoms with E-state index in [2.05, 4.69) is 35.6 Å². The van der Waals surface area contributed by atoms with Gasteiger partial charge in [-0.3, -0.25) is 0 Å². The molecule has 0 atom stereocenters. The second-order valence-corrected chi connectivity index (χ2v) is 7.43. The third-order valence-corrected chi connectivity index (χ3v) is 4.91. The summed E-state index contributed by atoms with van der Waals surface area (Å²) < 4.78 is 20.9. The molecular weight excluding hydrogens is 439 g/mol. The number of H-pyrrole nitrogens is 1. The Morgan fingerprint density at radius 1 is 1.06 bits per heavy atom. The molecule has 3 heterocycles. The maximum Gasteiger partial charge on any atom is 0.323 e. The summed E-state index contributed by atoms with van der Waals surface area (Å²) in [6.45, 7) is 1.21. The number of amides is 2. The summed E-state index contributed by atoms with van der Waals surface area (Å²) in [6.07, 6.45) is 6.35. The van der Waals surface area contributed by atoms with E-state index in [1.807, 2.05) is 13.1 Å². The molecule has 0 fully saturated rings. The Hall–Kier alpha value is -4.80. The first kappa shape index (κ1) is 21.1. The number of anilines is 2. The van der Waals surface area contributed by atoms with E-state index in [4.69, 9.17) is 4.74 Å². The highest BCUT2D eigenvalue weighted by molar-refractivity contribution is 6.00. The quantitative estimate of drug-likeness (QED) is 0.337. The third kappa shape index (κ3) is 4.53. The number of urea groups is 1. The number of rotatable bonds is 6. The van der Waals surface area contributed by atoms with Gasteiger partial charge in [-0.15, -0.1) is 0 Å². The molecule has 34 heavy (non-hydrogen) atoms. The number of hydrogen-bond donors (Lipinski definition) is 3. The third-order valence-electron chi connectivity index (χ3n) is 4.91. The second-order valence-electron chi connectivity index (χ2n) is 7.43. The molecule has 5 aromatic rings. The van der Waals surface area contributed by atoms with Crippen molar-refractivity contribution in [1.29, 1.82) is 0 Å². The number of aromatic amines is 1. The van der Waals surface area contributed by atoms with Gasteiger partial charge in [-0.05, 0) is 55.0 Å². The second kappa shape index (κ2) is 8.98. The molecule has 10 nitrogen and oxygen atoms in total. The minimum atomic E-state index is -0.656. The molecule has 170 valence electrons. The van der Waals surface area contributed by atoms with Crippen LogP contribution in [-0.4, -0.2) is 35.5 Å². The van der Waals surface area contributed by atoms with Gasteiger partial charge in [-0.25, -0.2) is 24.1 Å². The summed E-state index contributed by atoms with van der Waals surface area (Å²) in [5.74, 6) is 0.869. The van der Waals surface area contributed by atoms with Gasteiger partial charge in [-0.1, -0.05) is 0 Å². The van der Waals surface area contributed by atoms with E-state index in [1.165, 1.54) is 12.7 Å². The number of alkyl halides is 1. The number of imidazole rings is 2. The van der Waals surface area contributed by atoms with Crippen LogP contribution in [0.15, 0.2) is 67.6 Å². The fourth-order valence-electron chi connectivity index (χ4n) is 3.37. The lowest BCUT2D eigenvalue weighted by molar-refractivity contribution is 0.262. The first-order chi connectivity index (χ1) is 16.6. The molecule has 0 saturated heterocycles. The number of nitrogens with zero attached hydrogens (tertiary/aromatic N) is 5. The van der Waals surface area contributed by atoms with E-state index in [0.717, 1.165) is 5.69 Å². The van der Waals surface area contributed by atoms with Gasteiger partial charge in [0.25, 0.3) is 0 Å². The Morgan fingerprint density at radius 2 is 1.88 bits per heavy atom. The van der Waals surface area contributed by atoms with Crippen molar-refractivity contribution in [3.8, 4) is 17.3 Å². The number of hydrogen-bond acceptors (Lipinski definition) is 6. The highest BCUT2D eigenvalue weighted by Gasteiger charge is 2.10. The fraction of sp³-hybridized carbons (Fsp3) is 0.0870. The highest BCUT2D eigenvalue weighted by Crippen LogP contribution is 2.26. The summed E-state index contributed by atoms with van der Waals surface area (Å²) in [5.41, 5.74) is 4.07. The van der Waals surface area contributed by atoms with Gasteiger partial charge in [-0.2, -0.15) is 4.98 Å². The van der Waals surface area contributed by atoms with Crippen LogP contribution in [-0.2, 0) is 6.67 Å². The van der Waals surface area contributed by atoms with E-state index < -0.39 is 12.7 Å². The molecule has 0 unspecified atom stereocenters. The zero-order valence-electron chi connectivity index (χ0n) is 18.0.